The third kappa shape index (κ3) is 1.29. The number of carbonyl (C=O) groups excluding carboxylic acids is 2. The Morgan fingerprint density at radius 1 is 1.46 bits per heavy atom. The van der Waals surface area contributed by atoms with Gasteiger partial charge in [-0.25, -0.2) is 0 Å². The van der Waals surface area contributed by atoms with Crippen LogP contribution in [0.3, 0.4) is 0 Å². The van der Waals surface area contributed by atoms with Gasteiger partial charge < -0.3 is 10.2 Å². The summed E-state index contributed by atoms with van der Waals surface area (Å²) in [5.74, 6) is -0.928. The van der Waals surface area contributed by atoms with Crippen LogP contribution in [0.5, 0.6) is 0 Å². The number of amides is 2. The third-order valence-electron chi connectivity index (χ3n) is 2.72. The van der Waals surface area contributed by atoms with Crippen LogP contribution in [-0.2, 0) is 9.59 Å². The molecule has 2 saturated heterocycles. The molecule has 0 aliphatic carbocycles. The van der Waals surface area contributed by atoms with Crippen molar-refractivity contribution in [2.45, 2.75) is 25.0 Å². The summed E-state index contributed by atoms with van der Waals surface area (Å²) in [6.45, 7) is 0.906. The topological polar surface area (TPSA) is 61.4 Å². The molecule has 0 aromatic heterocycles. The number of piperazine rings is 1. The minimum Gasteiger partial charge on any atom is -0.331 e. The largest absolute Gasteiger partial charge is 0.331 e. The molecule has 0 aromatic rings. The Kier molecular flexibility index (Phi) is 1.95. The predicted molar refractivity (Wildman–Crippen MR) is 45.7 cm³/mol. The van der Waals surface area contributed by atoms with E-state index < -0.39 is 11.8 Å². The van der Waals surface area contributed by atoms with Gasteiger partial charge in [0.1, 0.15) is 6.17 Å². The van der Waals surface area contributed by atoms with Crippen molar-refractivity contribution in [3.05, 3.63) is 0 Å². The van der Waals surface area contributed by atoms with Crippen molar-refractivity contribution in [2.24, 2.45) is 0 Å². The number of carbonyl (C=O) groups is 2. The van der Waals surface area contributed by atoms with Gasteiger partial charge in [-0.2, -0.15) is 0 Å². The van der Waals surface area contributed by atoms with Crippen LogP contribution in [0.1, 0.15) is 12.8 Å². The van der Waals surface area contributed by atoms with E-state index in [0.717, 1.165) is 19.4 Å². The van der Waals surface area contributed by atoms with Gasteiger partial charge >= 0.3 is 11.8 Å². The number of hydrogen-bond acceptors (Lipinski definition) is 3. The van der Waals surface area contributed by atoms with Crippen LogP contribution in [0.4, 0.5) is 0 Å². The minimum absolute atomic E-state index is 0.0519. The van der Waals surface area contributed by atoms with Crippen LogP contribution in [0.25, 0.3) is 0 Å². The quantitative estimate of drug-likeness (QED) is 0.457. The Hall–Kier alpha value is -1.10. The van der Waals surface area contributed by atoms with Crippen molar-refractivity contribution in [1.82, 2.24) is 15.5 Å². The minimum atomic E-state index is -0.502. The highest BCUT2D eigenvalue weighted by Crippen LogP contribution is 2.16. The third-order valence-corrected chi connectivity index (χ3v) is 2.72. The smallest absolute Gasteiger partial charge is 0.312 e. The maximum atomic E-state index is 11.3. The van der Waals surface area contributed by atoms with E-state index in [1.165, 1.54) is 4.90 Å². The van der Waals surface area contributed by atoms with Gasteiger partial charge in [0.25, 0.3) is 0 Å². The summed E-state index contributed by atoms with van der Waals surface area (Å²) in [5, 5.41) is 5.83. The van der Waals surface area contributed by atoms with Gasteiger partial charge in [-0.15, -0.1) is 0 Å². The van der Waals surface area contributed by atoms with E-state index >= 15 is 0 Å². The van der Waals surface area contributed by atoms with E-state index in [1.54, 1.807) is 7.05 Å². The lowest BCUT2D eigenvalue weighted by Crippen LogP contribution is -2.68. The second-order valence-electron chi connectivity index (χ2n) is 3.53. The van der Waals surface area contributed by atoms with Crippen molar-refractivity contribution >= 4 is 11.8 Å². The number of likely N-dealkylation sites (N-methyl/N-ethyl adjacent to an activating group) is 1. The molecular formula is C8H13N3O2. The second-order valence-corrected chi connectivity index (χ2v) is 3.53. The standard InChI is InChI=1S/C8H13N3O2/c1-11-5-3-2-4-9-6(5)10-7(12)8(11)13/h5-6,9H,2-4H2,1H3,(H,10,12). The van der Waals surface area contributed by atoms with E-state index in [2.05, 4.69) is 10.6 Å². The summed E-state index contributed by atoms with van der Waals surface area (Å²) in [5.41, 5.74) is 0. The van der Waals surface area contributed by atoms with Gasteiger partial charge in [0.15, 0.2) is 0 Å². The normalized spacial score (nSPS) is 34.1. The molecule has 2 aliphatic rings. The Labute approximate surface area is 76.5 Å². The fourth-order valence-corrected chi connectivity index (χ4v) is 1.95. The Morgan fingerprint density at radius 2 is 2.23 bits per heavy atom. The molecule has 0 aromatic carbocycles. The summed E-state index contributed by atoms with van der Waals surface area (Å²) in [6.07, 6.45) is 1.96. The molecule has 5 heteroatoms. The van der Waals surface area contributed by atoms with E-state index in [-0.39, 0.29) is 12.2 Å². The maximum Gasteiger partial charge on any atom is 0.312 e. The highest BCUT2D eigenvalue weighted by Gasteiger charge is 2.39. The summed E-state index contributed by atoms with van der Waals surface area (Å²) >= 11 is 0. The molecular weight excluding hydrogens is 170 g/mol. The van der Waals surface area contributed by atoms with Gasteiger partial charge in [-0.1, -0.05) is 0 Å². The first-order chi connectivity index (χ1) is 6.20. The first kappa shape index (κ1) is 8.50. The highest BCUT2D eigenvalue weighted by molar-refractivity contribution is 6.35. The van der Waals surface area contributed by atoms with Crippen molar-refractivity contribution < 1.29 is 9.59 Å². The molecule has 2 rings (SSSR count). The molecule has 2 atom stereocenters. The summed E-state index contributed by atoms with van der Waals surface area (Å²) in [4.78, 5) is 23.9. The predicted octanol–water partition coefficient (Wildman–Crippen LogP) is -1.35. The summed E-state index contributed by atoms with van der Waals surface area (Å²) in [6, 6.07) is 0.124. The second kappa shape index (κ2) is 2.99. The Bertz CT molecular complexity index is 254. The molecule has 72 valence electrons. The van der Waals surface area contributed by atoms with E-state index in [4.69, 9.17) is 0 Å². The molecule has 2 unspecified atom stereocenters. The van der Waals surface area contributed by atoms with Gasteiger partial charge in [0, 0.05) is 7.05 Å². The molecule has 0 spiro atoms. The number of hydrogen-bond donors (Lipinski definition) is 2. The van der Waals surface area contributed by atoms with Gasteiger partial charge in [-0.05, 0) is 19.4 Å². The Morgan fingerprint density at radius 3 is 3.00 bits per heavy atom. The average molecular weight is 183 g/mol. The number of nitrogens with zero attached hydrogens (tertiary/aromatic N) is 1. The van der Waals surface area contributed by atoms with Gasteiger partial charge in [0.05, 0.1) is 6.04 Å². The number of piperidine rings is 1. The lowest BCUT2D eigenvalue weighted by atomic mass is 10.0. The lowest BCUT2D eigenvalue weighted by molar-refractivity contribution is -0.152. The number of rotatable bonds is 0. The van der Waals surface area contributed by atoms with Crippen molar-refractivity contribution in [2.75, 3.05) is 13.6 Å². The molecule has 2 N–H and O–H groups in total. The molecule has 0 saturated carbocycles. The van der Waals surface area contributed by atoms with Crippen molar-refractivity contribution in [3.8, 4) is 0 Å². The number of fused-ring (bicyclic) bond motifs is 1. The first-order valence-corrected chi connectivity index (χ1v) is 4.51. The zero-order chi connectivity index (χ0) is 9.42. The van der Waals surface area contributed by atoms with E-state index in [1.807, 2.05) is 0 Å². The van der Waals surface area contributed by atoms with Crippen molar-refractivity contribution in [3.63, 3.8) is 0 Å². The van der Waals surface area contributed by atoms with E-state index in [9.17, 15) is 9.59 Å². The summed E-state index contributed by atoms with van der Waals surface area (Å²) in [7, 11) is 1.69. The molecule has 0 bridgehead atoms. The SMILES string of the molecule is CN1C(=O)C(=O)NC2NCCCC21. The molecule has 5 nitrogen and oxygen atoms in total. The van der Waals surface area contributed by atoms with Crippen LogP contribution in [0.2, 0.25) is 0 Å². The zero-order valence-electron chi connectivity index (χ0n) is 7.54. The molecule has 2 heterocycles. The van der Waals surface area contributed by atoms with Crippen LogP contribution < -0.4 is 10.6 Å². The summed E-state index contributed by atoms with van der Waals surface area (Å²) < 4.78 is 0. The maximum absolute atomic E-state index is 11.3. The van der Waals surface area contributed by atoms with E-state index in [0.29, 0.717) is 0 Å². The lowest BCUT2D eigenvalue weighted by Gasteiger charge is -2.42. The number of nitrogens with one attached hydrogen (secondary N) is 2. The Balaban J connectivity index is 2.17. The van der Waals surface area contributed by atoms with Crippen LogP contribution in [-0.4, -0.2) is 42.5 Å². The van der Waals surface area contributed by atoms with Gasteiger partial charge in [0.2, 0.25) is 0 Å². The molecule has 2 aliphatic heterocycles. The van der Waals surface area contributed by atoms with Crippen LogP contribution >= 0.6 is 0 Å². The molecule has 2 fully saturated rings. The highest BCUT2D eigenvalue weighted by atomic mass is 16.2. The fourth-order valence-electron chi connectivity index (χ4n) is 1.95. The molecule has 2 amide bonds. The van der Waals surface area contributed by atoms with Gasteiger partial charge in [-0.3, -0.25) is 14.9 Å². The van der Waals surface area contributed by atoms with Crippen molar-refractivity contribution in [1.29, 1.82) is 0 Å². The first-order valence-electron chi connectivity index (χ1n) is 4.51. The zero-order valence-corrected chi connectivity index (χ0v) is 7.54. The average Bonchev–Trinajstić information content (AvgIpc) is 2.15. The molecule has 0 radical (unpaired) electrons. The van der Waals surface area contributed by atoms with Crippen LogP contribution in [0.15, 0.2) is 0 Å². The monoisotopic (exact) mass is 183 g/mol. The molecule has 13 heavy (non-hydrogen) atoms. The fraction of sp³-hybridized carbons (Fsp3) is 0.750. The van der Waals surface area contributed by atoms with Crippen LogP contribution in [0, 0.1) is 0 Å².